The van der Waals surface area contributed by atoms with E-state index in [9.17, 15) is 19.2 Å². The Labute approximate surface area is 174 Å². The normalized spacial score (nSPS) is 10.1. The Morgan fingerprint density at radius 3 is 2.17 bits per heavy atom. The summed E-state index contributed by atoms with van der Waals surface area (Å²) in [6, 6.07) is 13.1. The second-order valence-electron chi connectivity index (χ2n) is 6.44. The van der Waals surface area contributed by atoms with Crippen LogP contribution in [-0.2, 0) is 20.9 Å². The molecule has 8 nitrogen and oxygen atoms in total. The number of hydrogen-bond donors (Lipinski definition) is 2. The average molecular weight is 412 g/mol. The lowest BCUT2D eigenvalue weighted by atomic mass is 10.1. The number of carbonyl (C=O) groups excluding carboxylic acids is 4. The van der Waals surface area contributed by atoms with Crippen LogP contribution in [0.3, 0.4) is 0 Å². The molecule has 0 saturated carbocycles. The summed E-state index contributed by atoms with van der Waals surface area (Å²) in [4.78, 5) is 46.2. The van der Waals surface area contributed by atoms with E-state index in [2.05, 4.69) is 15.4 Å². The second kappa shape index (κ2) is 11.4. The molecular weight excluding hydrogens is 388 g/mol. The molecule has 0 saturated heterocycles. The van der Waals surface area contributed by atoms with Gasteiger partial charge in [0.1, 0.15) is 11.5 Å². The Bertz CT molecular complexity index is 891. The van der Waals surface area contributed by atoms with Gasteiger partial charge in [0, 0.05) is 30.6 Å². The molecule has 8 heteroatoms. The van der Waals surface area contributed by atoms with Crippen LogP contribution in [0.2, 0.25) is 0 Å². The number of carbonyl (C=O) groups is 4. The van der Waals surface area contributed by atoms with Crippen LogP contribution in [0.15, 0.2) is 48.5 Å². The van der Waals surface area contributed by atoms with Crippen molar-refractivity contribution < 1.29 is 28.7 Å². The number of ether oxygens (including phenoxy) is 2. The number of anilines is 1. The number of amides is 2. The predicted octanol–water partition coefficient (Wildman–Crippen LogP) is 3.46. The number of rotatable bonds is 9. The van der Waals surface area contributed by atoms with Crippen molar-refractivity contribution in [2.75, 3.05) is 11.9 Å². The summed E-state index contributed by atoms with van der Waals surface area (Å²) in [5.41, 5.74) is 1.89. The number of Topliss-reactive ketones (excluding diaryl/α,β-unsaturated/α-hetero) is 1. The van der Waals surface area contributed by atoms with Gasteiger partial charge in [-0.3, -0.25) is 9.59 Å². The molecule has 0 aliphatic carbocycles. The molecule has 0 unspecified atom stereocenters. The van der Waals surface area contributed by atoms with Gasteiger partial charge in [0.05, 0.1) is 6.61 Å². The highest BCUT2D eigenvalue weighted by molar-refractivity contribution is 5.94. The van der Waals surface area contributed by atoms with Crippen molar-refractivity contribution in [2.45, 2.75) is 33.2 Å². The van der Waals surface area contributed by atoms with Gasteiger partial charge in [-0.1, -0.05) is 12.1 Å². The maximum atomic E-state index is 12.3. The number of nitrogens with one attached hydrogen (secondary N) is 2. The van der Waals surface area contributed by atoms with E-state index in [0.717, 1.165) is 5.56 Å². The van der Waals surface area contributed by atoms with Gasteiger partial charge in [-0.15, -0.1) is 0 Å². The summed E-state index contributed by atoms with van der Waals surface area (Å²) in [5, 5.41) is 5.51. The Hall–Kier alpha value is -3.68. The second-order valence-corrected chi connectivity index (χ2v) is 6.44. The summed E-state index contributed by atoms with van der Waals surface area (Å²) >= 11 is 0. The molecule has 0 aromatic heterocycles. The highest BCUT2D eigenvalue weighted by atomic mass is 16.7. The van der Waals surface area contributed by atoms with Gasteiger partial charge >= 0.3 is 6.16 Å². The fourth-order valence-electron chi connectivity index (χ4n) is 2.42. The van der Waals surface area contributed by atoms with Crippen molar-refractivity contribution in [1.29, 1.82) is 0 Å². The fourth-order valence-corrected chi connectivity index (χ4v) is 2.42. The Balaban J connectivity index is 1.82. The lowest BCUT2D eigenvalue weighted by molar-refractivity contribution is -0.121. The molecule has 0 heterocycles. The van der Waals surface area contributed by atoms with Crippen molar-refractivity contribution in [3.63, 3.8) is 0 Å². The van der Waals surface area contributed by atoms with Crippen molar-refractivity contribution >= 4 is 29.4 Å². The Morgan fingerprint density at radius 1 is 0.900 bits per heavy atom. The van der Waals surface area contributed by atoms with Gasteiger partial charge in [0.25, 0.3) is 5.91 Å². The van der Waals surface area contributed by atoms with E-state index in [4.69, 9.17) is 4.74 Å². The third-order valence-corrected chi connectivity index (χ3v) is 3.97. The van der Waals surface area contributed by atoms with Crippen LogP contribution in [0.5, 0.6) is 5.75 Å². The maximum absolute atomic E-state index is 12.3. The average Bonchev–Trinajstić information content (AvgIpc) is 2.72. The minimum atomic E-state index is -0.798. The van der Waals surface area contributed by atoms with Gasteiger partial charge in [-0.25, -0.2) is 4.79 Å². The van der Waals surface area contributed by atoms with Crippen LogP contribution in [-0.4, -0.2) is 30.4 Å². The zero-order valence-corrected chi connectivity index (χ0v) is 16.9. The van der Waals surface area contributed by atoms with Gasteiger partial charge in [0.15, 0.2) is 0 Å². The first-order chi connectivity index (χ1) is 14.4. The first-order valence-corrected chi connectivity index (χ1v) is 9.48. The summed E-state index contributed by atoms with van der Waals surface area (Å²) in [7, 11) is 0. The summed E-state index contributed by atoms with van der Waals surface area (Å²) in [5.74, 6) is -0.246. The zero-order valence-electron chi connectivity index (χ0n) is 16.9. The molecule has 0 spiro atoms. The smallest absolute Gasteiger partial charge is 0.434 e. The fraction of sp³-hybridized carbons (Fsp3) is 0.273. The lowest BCUT2D eigenvalue weighted by Gasteiger charge is -2.08. The molecular formula is C22H24N2O6. The molecule has 0 bridgehead atoms. The molecule has 158 valence electrons. The van der Waals surface area contributed by atoms with E-state index in [1.807, 2.05) is 0 Å². The molecule has 2 N–H and O–H groups in total. The highest BCUT2D eigenvalue weighted by Crippen LogP contribution is 2.14. The molecule has 0 atom stereocenters. The van der Waals surface area contributed by atoms with Crippen molar-refractivity contribution in [1.82, 2.24) is 5.32 Å². The van der Waals surface area contributed by atoms with Crippen molar-refractivity contribution in [3.05, 3.63) is 59.7 Å². The van der Waals surface area contributed by atoms with Crippen LogP contribution >= 0.6 is 0 Å². The topological polar surface area (TPSA) is 111 Å². The molecule has 0 aliphatic rings. The Kier molecular flexibility index (Phi) is 8.56. The maximum Gasteiger partial charge on any atom is 0.513 e. The summed E-state index contributed by atoms with van der Waals surface area (Å²) < 4.78 is 9.63. The van der Waals surface area contributed by atoms with Gasteiger partial charge in [-0.05, 0) is 55.8 Å². The molecule has 0 radical (unpaired) electrons. The zero-order chi connectivity index (χ0) is 21.9. The monoisotopic (exact) mass is 412 g/mol. The molecule has 30 heavy (non-hydrogen) atoms. The molecule has 2 aromatic carbocycles. The Morgan fingerprint density at radius 2 is 1.57 bits per heavy atom. The predicted molar refractivity (Wildman–Crippen MR) is 110 cm³/mol. The summed E-state index contributed by atoms with van der Waals surface area (Å²) in [6.07, 6.45) is -0.434. The third-order valence-electron chi connectivity index (χ3n) is 3.97. The van der Waals surface area contributed by atoms with Crippen LogP contribution in [0.1, 0.15) is 42.6 Å². The van der Waals surface area contributed by atoms with Crippen LogP contribution < -0.4 is 15.4 Å². The van der Waals surface area contributed by atoms with E-state index in [-0.39, 0.29) is 42.8 Å². The van der Waals surface area contributed by atoms with Crippen LogP contribution in [0, 0.1) is 0 Å². The van der Waals surface area contributed by atoms with Gasteiger partial charge in [0.2, 0.25) is 5.91 Å². The van der Waals surface area contributed by atoms with Gasteiger partial charge in [-0.2, -0.15) is 0 Å². The molecule has 2 amide bonds. The van der Waals surface area contributed by atoms with Crippen molar-refractivity contribution in [2.24, 2.45) is 0 Å². The number of ketones is 1. The van der Waals surface area contributed by atoms with E-state index in [1.54, 1.807) is 43.3 Å². The summed E-state index contributed by atoms with van der Waals surface area (Å²) in [6.45, 7) is 3.64. The van der Waals surface area contributed by atoms with Crippen molar-refractivity contribution in [3.8, 4) is 5.75 Å². The highest BCUT2D eigenvalue weighted by Gasteiger charge is 2.09. The SMILES string of the molecule is CCOC(=O)Oc1ccc(C(=O)NCc2ccc(NC(=O)CCC(C)=O)cc2)cc1. The van der Waals surface area contributed by atoms with Gasteiger partial charge < -0.3 is 24.9 Å². The molecule has 2 rings (SSSR count). The third kappa shape index (κ3) is 7.75. The van der Waals surface area contributed by atoms with Crippen LogP contribution in [0.25, 0.3) is 0 Å². The van der Waals surface area contributed by atoms with E-state index >= 15 is 0 Å². The minimum Gasteiger partial charge on any atom is -0.434 e. The molecule has 0 fully saturated rings. The van der Waals surface area contributed by atoms with E-state index < -0.39 is 6.16 Å². The van der Waals surface area contributed by atoms with E-state index in [1.165, 1.54) is 19.1 Å². The largest absolute Gasteiger partial charge is 0.513 e. The number of hydrogen-bond acceptors (Lipinski definition) is 6. The lowest BCUT2D eigenvalue weighted by Crippen LogP contribution is -2.22. The van der Waals surface area contributed by atoms with E-state index in [0.29, 0.717) is 17.8 Å². The molecule has 2 aromatic rings. The van der Waals surface area contributed by atoms with Crippen LogP contribution in [0.4, 0.5) is 10.5 Å². The first kappa shape index (κ1) is 22.6. The number of benzene rings is 2. The standard InChI is InChI=1S/C22H24N2O6/c1-3-29-22(28)30-19-11-7-17(8-12-19)21(27)23-14-16-5-9-18(10-6-16)24-20(26)13-4-15(2)25/h5-12H,3-4,13-14H2,1-2H3,(H,23,27)(H,24,26). The first-order valence-electron chi connectivity index (χ1n) is 9.48. The molecule has 0 aliphatic heterocycles. The minimum absolute atomic E-state index is 0.0302. The quantitative estimate of drug-likeness (QED) is 0.482.